The molecule has 1 aliphatic rings. The van der Waals surface area contributed by atoms with Crippen molar-refractivity contribution in [2.75, 3.05) is 18.5 Å². The van der Waals surface area contributed by atoms with Gasteiger partial charge in [0, 0.05) is 13.0 Å². The van der Waals surface area contributed by atoms with Crippen LogP contribution in [0.3, 0.4) is 0 Å². The summed E-state index contributed by atoms with van der Waals surface area (Å²) in [5.41, 5.74) is -0.496. The lowest BCUT2D eigenvalue weighted by molar-refractivity contribution is -0.151. The Kier molecular flexibility index (Phi) is 6.62. The molecule has 3 rings (SSSR count). The van der Waals surface area contributed by atoms with E-state index in [1.54, 1.807) is 4.90 Å². The Bertz CT molecular complexity index is 963. The molecule has 0 unspecified atom stereocenters. The Morgan fingerprint density at radius 2 is 1.77 bits per heavy atom. The van der Waals surface area contributed by atoms with Crippen molar-refractivity contribution < 1.29 is 32.3 Å². The van der Waals surface area contributed by atoms with Gasteiger partial charge in [-0.05, 0) is 24.6 Å². The summed E-state index contributed by atoms with van der Waals surface area (Å²) in [5.74, 6) is -2.59. The van der Waals surface area contributed by atoms with Gasteiger partial charge in [0.05, 0.1) is 23.2 Å². The predicted molar refractivity (Wildman–Crippen MR) is 106 cm³/mol. The van der Waals surface area contributed by atoms with E-state index in [1.165, 1.54) is 12.1 Å². The Morgan fingerprint density at radius 1 is 1.13 bits per heavy atom. The Hall–Kier alpha value is -3.36. The molecule has 0 aromatic heterocycles. The first kappa shape index (κ1) is 22.3. The maximum Gasteiger partial charge on any atom is 0.418 e. The van der Waals surface area contributed by atoms with Crippen molar-refractivity contribution in [3.63, 3.8) is 0 Å². The average Bonchev–Trinajstić information content (AvgIpc) is 3.13. The largest absolute Gasteiger partial charge is 0.455 e. The van der Waals surface area contributed by atoms with Crippen LogP contribution in [-0.4, -0.2) is 35.8 Å². The maximum absolute atomic E-state index is 13.0. The highest BCUT2D eigenvalue weighted by Crippen LogP contribution is 2.34. The van der Waals surface area contributed by atoms with Crippen LogP contribution in [0.2, 0.25) is 0 Å². The lowest BCUT2D eigenvalue weighted by Crippen LogP contribution is -2.30. The number of benzene rings is 2. The second kappa shape index (κ2) is 9.20. The Morgan fingerprint density at radius 3 is 2.45 bits per heavy atom. The number of hydrogen-bond donors (Lipinski definition) is 1. The number of ether oxygens (including phenoxy) is 1. The fourth-order valence-electron chi connectivity index (χ4n) is 3.46. The number of amides is 2. The molecule has 2 atom stereocenters. The van der Waals surface area contributed by atoms with Gasteiger partial charge in [0.15, 0.2) is 6.61 Å². The van der Waals surface area contributed by atoms with E-state index in [2.05, 4.69) is 5.32 Å². The minimum atomic E-state index is -4.64. The van der Waals surface area contributed by atoms with Crippen LogP contribution < -0.4 is 5.32 Å². The molecule has 1 aliphatic heterocycles. The number of rotatable bonds is 6. The summed E-state index contributed by atoms with van der Waals surface area (Å²) in [4.78, 5) is 38.2. The molecule has 0 saturated carbocycles. The number of para-hydroxylation sites is 1. The van der Waals surface area contributed by atoms with Gasteiger partial charge in [-0.3, -0.25) is 14.4 Å². The molecular formula is C22H21F3N2O4. The summed E-state index contributed by atoms with van der Waals surface area (Å²) in [5, 5.41) is 2.11. The van der Waals surface area contributed by atoms with Crippen molar-refractivity contribution in [3.05, 3.63) is 65.7 Å². The molecule has 1 fully saturated rings. The zero-order valence-corrected chi connectivity index (χ0v) is 16.7. The summed E-state index contributed by atoms with van der Waals surface area (Å²) >= 11 is 0. The number of nitrogens with zero attached hydrogens (tertiary/aromatic N) is 1. The Balaban J connectivity index is 1.55. The number of carbonyl (C=O) groups is 3. The zero-order chi connectivity index (χ0) is 22.6. The van der Waals surface area contributed by atoms with Crippen molar-refractivity contribution in [1.82, 2.24) is 4.90 Å². The standard InChI is InChI=1S/C22H21F3N2O4/c1-14(15-7-3-2-4-8-15)27-12-16(11-20(27)29)21(30)31-13-19(28)26-18-10-6-5-9-17(18)22(23,24)25/h2-10,14,16H,11-13H2,1H3,(H,26,28)/t14-,16+/m0/s1. The highest BCUT2D eigenvalue weighted by atomic mass is 19.4. The lowest BCUT2D eigenvalue weighted by Gasteiger charge is -2.25. The van der Waals surface area contributed by atoms with Crippen molar-refractivity contribution in [1.29, 1.82) is 0 Å². The fraction of sp³-hybridized carbons (Fsp3) is 0.318. The van der Waals surface area contributed by atoms with Crippen LogP contribution in [0.1, 0.15) is 30.5 Å². The lowest BCUT2D eigenvalue weighted by atomic mass is 10.1. The molecule has 0 aliphatic carbocycles. The second-order valence-electron chi connectivity index (χ2n) is 7.23. The summed E-state index contributed by atoms with van der Waals surface area (Å²) in [6.07, 6.45) is -4.68. The van der Waals surface area contributed by atoms with Gasteiger partial charge in [-0.1, -0.05) is 42.5 Å². The number of anilines is 1. The van der Waals surface area contributed by atoms with Gasteiger partial charge in [0.25, 0.3) is 5.91 Å². The van der Waals surface area contributed by atoms with Crippen molar-refractivity contribution in [2.45, 2.75) is 25.6 Å². The number of carbonyl (C=O) groups excluding carboxylic acids is 3. The van der Waals surface area contributed by atoms with Gasteiger partial charge in [0.1, 0.15) is 0 Å². The quantitative estimate of drug-likeness (QED) is 0.702. The average molecular weight is 434 g/mol. The minimum absolute atomic E-state index is 0.0471. The summed E-state index contributed by atoms with van der Waals surface area (Å²) in [6.45, 7) is 1.25. The van der Waals surface area contributed by atoms with Gasteiger partial charge in [-0.15, -0.1) is 0 Å². The molecule has 0 radical (unpaired) electrons. The summed E-state index contributed by atoms with van der Waals surface area (Å²) < 4.78 is 44.0. The first-order valence-electron chi connectivity index (χ1n) is 9.64. The smallest absolute Gasteiger partial charge is 0.418 e. The monoisotopic (exact) mass is 434 g/mol. The molecule has 2 aromatic rings. The third-order valence-corrected chi connectivity index (χ3v) is 5.09. The zero-order valence-electron chi connectivity index (χ0n) is 16.7. The molecule has 2 aromatic carbocycles. The second-order valence-corrected chi connectivity index (χ2v) is 7.23. The number of halogens is 3. The van der Waals surface area contributed by atoms with Crippen molar-refractivity contribution in [2.24, 2.45) is 5.92 Å². The number of likely N-dealkylation sites (tertiary alicyclic amines) is 1. The van der Waals surface area contributed by atoms with Crippen molar-refractivity contribution >= 4 is 23.5 Å². The molecule has 1 N–H and O–H groups in total. The van der Waals surface area contributed by atoms with Gasteiger partial charge in [0.2, 0.25) is 5.91 Å². The van der Waals surface area contributed by atoms with Crippen LogP contribution in [0.5, 0.6) is 0 Å². The van der Waals surface area contributed by atoms with E-state index in [0.29, 0.717) is 0 Å². The van der Waals surface area contributed by atoms with Crippen LogP contribution in [0.4, 0.5) is 18.9 Å². The van der Waals surface area contributed by atoms with Crippen LogP contribution in [-0.2, 0) is 25.3 Å². The van der Waals surface area contributed by atoms with Gasteiger partial charge < -0.3 is 15.0 Å². The molecule has 0 spiro atoms. The van der Waals surface area contributed by atoms with Gasteiger partial charge >= 0.3 is 12.1 Å². The predicted octanol–water partition coefficient (Wildman–Crippen LogP) is 3.80. The van der Waals surface area contributed by atoms with Gasteiger partial charge in [-0.25, -0.2) is 0 Å². The van der Waals surface area contributed by atoms with Crippen LogP contribution in [0.15, 0.2) is 54.6 Å². The van der Waals surface area contributed by atoms with E-state index < -0.39 is 41.8 Å². The van der Waals surface area contributed by atoms with E-state index in [9.17, 15) is 27.6 Å². The summed E-state index contributed by atoms with van der Waals surface area (Å²) in [6, 6.07) is 13.6. The molecule has 164 valence electrons. The SMILES string of the molecule is C[C@@H](c1ccccc1)N1C[C@H](C(=O)OCC(=O)Nc2ccccc2C(F)(F)F)CC1=O. The Labute approximate surface area is 177 Å². The molecule has 0 bridgehead atoms. The number of esters is 1. The third-order valence-electron chi connectivity index (χ3n) is 5.09. The number of alkyl halides is 3. The summed E-state index contributed by atoms with van der Waals surface area (Å²) in [7, 11) is 0. The molecule has 31 heavy (non-hydrogen) atoms. The van der Waals surface area contributed by atoms with E-state index >= 15 is 0 Å². The van der Waals surface area contributed by atoms with E-state index in [0.717, 1.165) is 17.7 Å². The highest BCUT2D eigenvalue weighted by Gasteiger charge is 2.38. The van der Waals surface area contributed by atoms with Gasteiger partial charge in [-0.2, -0.15) is 13.2 Å². The van der Waals surface area contributed by atoms with Crippen LogP contribution in [0.25, 0.3) is 0 Å². The molecular weight excluding hydrogens is 413 g/mol. The number of hydrogen-bond acceptors (Lipinski definition) is 4. The normalized spacial score (nSPS) is 17.4. The van der Waals surface area contributed by atoms with Crippen LogP contribution >= 0.6 is 0 Å². The molecule has 1 heterocycles. The minimum Gasteiger partial charge on any atom is -0.455 e. The molecule has 9 heteroatoms. The highest BCUT2D eigenvalue weighted by molar-refractivity contribution is 5.94. The van der Waals surface area contributed by atoms with E-state index in [4.69, 9.17) is 4.74 Å². The third kappa shape index (κ3) is 5.42. The number of nitrogens with one attached hydrogen (secondary N) is 1. The van der Waals surface area contributed by atoms with E-state index in [-0.39, 0.29) is 24.9 Å². The van der Waals surface area contributed by atoms with Crippen LogP contribution in [0, 0.1) is 5.92 Å². The first-order valence-corrected chi connectivity index (χ1v) is 9.64. The first-order chi connectivity index (χ1) is 14.7. The fourth-order valence-corrected chi connectivity index (χ4v) is 3.46. The van der Waals surface area contributed by atoms with Crippen molar-refractivity contribution in [3.8, 4) is 0 Å². The molecule has 2 amide bonds. The van der Waals surface area contributed by atoms with E-state index in [1.807, 2.05) is 37.3 Å². The molecule has 6 nitrogen and oxygen atoms in total. The topological polar surface area (TPSA) is 75.7 Å². The molecule has 1 saturated heterocycles. The maximum atomic E-state index is 13.0.